The van der Waals surface area contributed by atoms with E-state index in [-0.39, 0.29) is 5.75 Å². The van der Waals surface area contributed by atoms with E-state index < -0.39 is 12.0 Å². The summed E-state index contributed by atoms with van der Waals surface area (Å²) in [5.41, 5.74) is 9.62. The van der Waals surface area contributed by atoms with E-state index in [0.29, 0.717) is 6.42 Å². The topological polar surface area (TPSA) is 83.5 Å². The fraction of sp³-hybridized carbons (Fsp3) is 0.235. The van der Waals surface area contributed by atoms with E-state index in [2.05, 4.69) is 0 Å². The number of nitrogens with two attached hydrogens (primary N) is 1. The predicted octanol–water partition coefficient (Wildman–Crippen LogP) is 2.58. The van der Waals surface area contributed by atoms with Gasteiger partial charge in [0, 0.05) is 0 Å². The molecule has 1 atom stereocenters. The number of rotatable bonds is 5. The fourth-order valence-corrected chi connectivity index (χ4v) is 2.32. The Kier molecular flexibility index (Phi) is 4.60. The molecule has 0 fully saturated rings. The molecule has 0 aliphatic rings. The van der Waals surface area contributed by atoms with Crippen molar-refractivity contribution in [1.82, 2.24) is 0 Å². The third-order valence-electron chi connectivity index (χ3n) is 3.51. The van der Waals surface area contributed by atoms with Crippen LogP contribution < -0.4 is 5.73 Å². The monoisotopic (exact) mass is 285 g/mol. The van der Waals surface area contributed by atoms with Crippen LogP contribution >= 0.6 is 0 Å². The van der Waals surface area contributed by atoms with E-state index in [9.17, 15) is 9.90 Å². The van der Waals surface area contributed by atoms with Gasteiger partial charge in [-0.1, -0.05) is 37.3 Å². The molecule has 2 aromatic rings. The van der Waals surface area contributed by atoms with E-state index in [4.69, 9.17) is 10.8 Å². The third kappa shape index (κ3) is 3.61. The molecule has 0 bridgehead atoms. The summed E-state index contributed by atoms with van der Waals surface area (Å²) in [7, 11) is 0. The highest BCUT2D eigenvalue weighted by Gasteiger charge is 2.12. The van der Waals surface area contributed by atoms with Gasteiger partial charge in [-0.3, -0.25) is 4.79 Å². The summed E-state index contributed by atoms with van der Waals surface area (Å²) in [6.45, 7) is 2.04. The van der Waals surface area contributed by atoms with Crippen LogP contribution in [-0.2, 0) is 17.6 Å². The molecule has 0 unspecified atom stereocenters. The highest BCUT2D eigenvalue weighted by atomic mass is 16.4. The molecule has 0 saturated carbocycles. The van der Waals surface area contributed by atoms with E-state index >= 15 is 0 Å². The van der Waals surface area contributed by atoms with Crippen LogP contribution in [0.3, 0.4) is 0 Å². The highest BCUT2D eigenvalue weighted by Crippen LogP contribution is 2.27. The van der Waals surface area contributed by atoms with Crippen LogP contribution in [0.1, 0.15) is 18.1 Å². The molecule has 0 aliphatic carbocycles. The quantitative estimate of drug-likeness (QED) is 0.788. The first-order valence-electron chi connectivity index (χ1n) is 6.91. The van der Waals surface area contributed by atoms with Crippen molar-refractivity contribution < 1.29 is 15.0 Å². The fourth-order valence-electron chi connectivity index (χ4n) is 2.32. The lowest BCUT2D eigenvalue weighted by molar-refractivity contribution is -0.138. The average molecular weight is 285 g/mol. The van der Waals surface area contributed by atoms with Gasteiger partial charge in [0.05, 0.1) is 0 Å². The van der Waals surface area contributed by atoms with Crippen LogP contribution in [0.5, 0.6) is 5.75 Å². The number of carboxylic acids is 1. The summed E-state index contributed by atoms with van der Waals surface area (Å²) in [4.78, 5) is 10.8. The summed E-state index contributed by atoms with van der Waals surface area (Å²) in [6, 6.07) is 12.1. The Morgan fingerprint density at radius 2 is 1.86 bits per heavy atom. The second-order valence-corrected chi connectivity index (χ2v) is 5.04. The van der Waals surface area contributed by atoms with Gasteiger partial charge in [0.25, 0.3) is 0 Å². The summed E-state index contributed by atoms with van der Waals surface area (Å²) in [5.74, 6) is -0.731. The zero-order valence-electron chi connectivity index (χ0n) is 11.9. The Morgan fingerprint density at radius 1 is 1.19 bits per heavy atom. The molecule has 4 N–H and O–H groups in total. The van der Waals surface area contributed by atoms with Crippen LogP contribution in [0.2, 0.25) is 0 Å². The summed E-state index contributed by atoms with van der Waals surface area (Å²) in [6.07, 6.45) is 1.14. The average Bonchev–Trinajstić information content (AvgIpc) is 2.48. The standard InChI is InChI=1S/C17H19NO3/c1-2-12-10-14(19)7-8-15(12)13-5-3-11(4-6-13)9-16(18)17(20)21/h3-8,10,16,19H,2,9,18H2,1H3,(H,20,21)/t16-/m0/s1. The smallest absolute Gasteiger partial charge is 0.320 e. The second kappa shape index (κ2) is 6.41. The third-order valence-corrected chi connectivity index (χ3v) is 3.51. The normalized spacial score (nSPS) is 12.1. The Balaban J connectivity index is 2.25. The lowest BCUT2D eigenvalue weighted by Crippen LogP contribution is -2.32. The Morgan fingerprint density at radius 3 is 2.43 bits per heavy atom. The Bertz CT molecular complexity index is 635. The van der Waals surface area contributed by atoms with E-state index in [1.165, 1.54) is 0 Å². The number of phenols is 1. The van der Waals surface area contributed by atoms with Gasteiger partial charge in [0.2, 0.25) is 0 Å². The largest absolute Gasteiger partial charge is 0.508 e. The van der Waals surface area contributed by atoms with Gasteiger partial charge in [0.1, 0.15) is 11.8 Å². The van der Waals surface area contributed by atoms with Crippen LogP contribution in [0.4, 0.5) is 0 Å². The number of aliphatic carboxylic acids is 1. The first kappa shape index (κ1) is 15.1. The van der Waals surface area contributed by atoms with Crippen molar-refractivity contribution in [2.24, 2.45) is 5.73 Å². The zero-order chi connectivity index (χ0) is 15.4. The molecule has 0 amide bonds. The molecular formula is C17H19NO3. The molecule has 2 rings (SSSR count). The van der Waals surface area contributed by atoms with Gasteiger partial charge in [-0.2, -0.15) is 0 Å². The minimum Gasteiger partial charge on any atom is -0.508 e. The Labute approximate surface area is 123 Å². The second-order valence-electron chi connectivity index (χ2n) is 5.04. The van der Waals surface area contributed by atoms with Crippen molar-refractivity contribution in [2.75, 3.05) is 0 Å². The van der Waals surface area contributed by atoms with Crippen molar-refractivity contribution in [2.45, 2.75) is 25.8 Å². The molecule has 2 aromatic carbocycles. The summed E-state index contributed by atoms with van der Waals surface area (Å²) < 4.78 is 0. The van der Waals surface area contributed by atoms with Gasteiger partial charge in [0.15, 0.2) is 0 Å². The van der Waals surface area contributed by atoms with E-state index in [1.54, 1.807) is 12.1 Å². The highest BCUT2D eigenvalue weighted by molar-refractivity contribution is 5.73. The first-order chi connectivity index (χ1) is 10.0. The molecule has 4 heteroatoms. The molecule has 4 nitrogen and oxygen atoms in total. The lowest BCUT2D eigenvalue weighted by Gasteiger charge is -2.11. The van der Waals surface area contributed by atoms with Crippen LogP contribution in [0.15, 0.2) is 42.5 Å². The SMILES string of the molecule is CCc1cc(O)ccc1-c1ccc(C[C@H](N)C(=O)O)cc1. The van der Waals surface area contributed by atoms with Gasteiger partial charge >= 0.3 is 5.97 Å². The van der Waals surface area contributed by atoms with E-state index in [1.807, 2.05) is 37.3 Å². The van der Waals surface area contributed by atoms with Gasteiger partial charge in [-0.15, -0.1) is 0 Å². The zero-order valence-corrected chi connectivity index (χ0v) is 11.9. The molecule has 21 heavy (non-hydrogen) atoms. The number of benzene rings is 2. The van der Waals surface area contributed by atoms with Crippen molar-refractivity contribution >= 4 is 5.97 Å². The minimum atomic E-state index is -0.995. The number of hydrogen-bond acceptors (Lipinski definition) is 3. The van der Waals surface area contributed by atoms with Crippen LogP contribution in [0, 0.1) is 0 Å². The van der Waals surface area contributed by atoms with Crippen LogP contribution in [-0.4, -0.2) is 22.2 Å². The van der Waals surface area contributed by atoms with Gasteiger partial charge < -0.3 is 15.9 Å². The van der Waals surface area contributed by atoms with Crippen molar-refractivity contribution in [3.05, 3.63) is 53.6 Å². The molecule has 0 aliphatic heterocycles. The van der Waals surface area contributed by atoms with Crippen molar-refractivity contribution in [1.29, 1.82) is 0 Å². The number of hydrogen-bond donors (Lipinski definition) is 3. The summed E-state index contributed by atoms with van der Waals surface area (Å²) >= 11 is 0. The van der Waals surface area contributed by atoms with Crippen molar-refractivity contribution in [3.63, 3.8) is 0 Å². The maximum Gasteiger partial charge on any atom is 0.320 e. The molecule has 110 valence electrons. The number of aryl methyl sites for hydroxylation is 1. The number of carbonyl (C=O) groups is 1. The maximum atomic E-state index is 10.8. The maximum absolute atomic E-state index is 10.8. The molecule has 0 saturated heterocycles. The van der Waals surface area contributed by atoms with Crippen LogP contribution in [0.25, 0.3) is 11.1 Å². The first-order valence-corrected chi connectivity index (χ1v) is 6.91. The van der Waals surface area contributed by atoms with Gasteiger partial charge in [-0.25, -0.2) is 0 Å². The summed E-state index contributed by atoms with van der Waals surface area (Å²) in [5, 5.41) is 18.4. The Hall–Kier alpha value is -2.33. The molecule has 0 heterocycles. The molecule has 0 aromatic heterocycles. The predicted molar refractivity (Wildman–Crippen MR) is 82.2 cm³/mol. The molecule has 0 radical (unpaired) electrons. The molecular weight excluding hydrogens is 266 g/mol. The number of phenolic OH excluding ortho intramolecular Hbond substituents is 1. The lowest BCUT2D eigenvalue weighted by atomic mass is 9.96. The number of carboxylic acid groups (broad SMARTS) is 1. The van der Waals surface area contributed by atoms with E-state index in [0.717, 1.165) is 28.7 Å². The minimum absolute atomic E-state index is 0.264. The van der Waals surface area contributed by atoms with Crippen molar-refractivity contribution in [3.8, 4) is 16.9 Å². The molecule has 0 spiro atoms. The number of aromatic hydroxyl groups is 1. The van der Waals surface area contributed by atoms with Gasteiger partial charge in [-0.05, 0) is 47.2 Å².